The molecule has 0 heterocycles. The van der Waals surface area contributed by atoms with Crippen LogP contribution in [0.2, 0.25) is 0 Å². The molecule has 7 heteroatoms. The summed E-state index contributed by atoms with van der Waals surface area (Å²) in [4.78, 5) is 29.3. The van der Waals surface area contributed by atoms with Gasteiger partial charge in [-0.3, -0.25) is 9.32 Å². The van der Waals surface area contributed by atoms with Gasteiger partial charge >= 0.3 is 13.8 Å². The van der Waals surface area contributed by atoms with Crippen LogP contribution in [0.3, 0.4) is 0 Å². The van der Waals surface area contributed by atoms with Gasteiger partial charge in [0.05, 0.1) is 12.0 Å². The van der Waals surface area contributed by atoms with Crippen molar-refractivity contribution in [3.8, 4) is 0 Å². The molecule has 0 amide bonds. The summed E-state index contributed by atoms with van der Waals surface area (Å²) in [5.41, 5.74) is -0.592. The van der Waals surface area contributed by atoms with Crippen molar-refractivity contribution < 1.29 is 28.4 Å². The van der Waals surface area contributed by atoms with E-state index in [1.165, 1.54) is 0 Å². The van der Waals surface area contributed by atoms with Crippen LogP contribution < -0.4 is 0 Å². The number of hydrogen-bond acceptors (Lipinski definition) is 4. The van der Waals surface area contributed by atoms with Crippen molar-refractivity contribution >= 4 is 13.8 Å². The summed E-state index contributed by atoms with van der Waals surface area (Å²) < 4.78 is 19.9. The average molecular weight is 310 g/mol. The Hall–Kier alpha value is -0.420. The second-order valence-electron chi connectivity index (χ2n) is 5.78. The van der Waals surface area contributed by atoms with Crippen LogP contribution in [-0.2, 0) is 18.6 Å². The van der Waals surface area contributed by atoms with Crippen molar-refractivity contribution in [2.24, 2.45) is 17.3 Å². The molecule has 6 nitrogen and oxygen atoms in total. The van der Waals surface area contributed by atoms with E-state index in [0.717, 1.165) is 6.42 Å². The summed E-state index contributed by atoms with van der Waals surface area (Å²) in [5.74, 6) is 0.183. The molecule has 2 unspecified atom stereocenters. The summed E-state index contributed by atoms with van der Waals surface area (Å²) in [7, 11) is -4.51. The van der Waals surface area contributed by atoms with Crippen LogP contribution in [-0.4, -0.2) is 29.0 Å². The maximum Gasteiger partial charge on any atom is 0.469 e. The Labute approximate surface area is 121 Å². The van der Waals surface area contributed by atoms with Gasteiger partial charge in [0.2, 0.25) is 0 Å². The molecule has 0 spiro atoms. The Morgan fingerprint density at radius 1 is 1.25 bits per heavy atom. The van der Waals surface area contributed by atoms with E-state index in [1.54, 1.807) is 0 Å². The van der Waals surface area contributed by atoms with Gasteiger partial charge in [-0.2, -0.15) is 0 Å². The molecule has 0 saturated carbocycles. The molecule has 0 aromatic carbocycles. The van der Waals surface area contributed by atoms with Gasteiger partial charge in [-0.15, -0.1) is 0 Å². The fraction of sp³-hybridized carbons (Fsp3) is 0.923. The molecule has 0 radical (unpaired) electrons. The number of hydrogen-bond donors (Lipinski definition) is 2. The zero-order valence-corrected chi connectivity index (χ0v) is 13.9. The Kier molecular flexibility index (Phi) is 7.96. The lowest BCUT2D eigenvalue weighted by Gasteiger charge is -2.34. The lowest BCUT2D eigenvalue weighted by molar-refractivity contribution is -0.160. The van der Waals surface area contributed by atoms with Crippen LogP contribution in [0.15, 0.2) is 0 Å². The first kappa shape index (κ1) is 19.6. The van der Waals surface area contributed by atoms with Gasteiger partial charge in [0.15, 0.2) is 0 Å². The van der Waals surface area contributed by atoms with Crippen molar-refractivity contribution in [3.05, 3.63) is 0 Å². The number of esters is 1. The highest BCUT2D eigenvalue weighted by molar-refractivity contribution is 7.46. The van der Waals surface area contributed by atoms with E-state index >= 15 is 0 Å². The van der Waals surface area contributed by atoms with Crippen molar-refractivity contribution in [3.63, 3.8) is 0 Å². The molecule has 20 heavy (non-hydrogen) atoms. The van der Waals surface area contributed by atoms with Gasteiger partial charge in [-0.05, 0) is 25.2 Å². The van der Waals surface area contributed by atoms with Gasteiger partial charge in [0.1, 0.15) is 6.61 Å². The highest BCUT2D eigenvalue weighted by Crippen LogP contribution is 2.38. The number of carbonyl (C=O) groups is 1. The first-order chi connectivity index (χ1) is 9.03. The molecule has 0 aliphatic heterocycles. The number of carbonyl (C=O) groups excluding carboxylic acids is 1. The highest BCUT2D eigenvalue weighted by Gasteiger charge is 2.39. The smallest absolute Gasteiger partial charge is 0.463 e. The lowest BCUT2D eigenvalue weighted by Crippen LogP contribution is -2.37. The molecule has 0 aromatic rings. The minimum Gasteiger partial charge on any atom is -0.463 e. The Bertz CT molecular complexity index is 351. The van der Waals surface area contributed by atoms with Gasteiger partial charge in [0, 0.05) is 0 Å². The molecule has 2 atom stereocenters. The third-order valence-corrected chi connectivity index (χ3v) is 4.09. The molecule has 0 rings (SSSR count). The zero-order valence-electron chi connectivity index (χ0n) is 13.0. The van der Waals surface area contributed by atoms with Crippen molar-refractivity contribution in [2.75, 3.05) is 13.2 Å². The molecule has 0 aromatic heterocycles. The molecule has 0 saturated heterocycles. The summed E-state index contributed by atoms with van der Waals surface area (Å²) >= 11 is 0. The lowest BCUT2D eigenvalue weighted by atomic mass is 9.71. The van der Waals surface area contributed by atoms with E-state index in [-0.39, 0.29) is 25.1 Å². The number of phosphoric ester groups is 1. The normalized spacial score (nSPS) is 16.8. The molecule has 0 aliphatic carbocycles. The van der Waals surface area contributed by atoms with E-state index in [2.05, 4.69) is 4.52 Å². The standard InChI is InChI=1S/C13H27O6P/c1-6-11(4)13(5,9-10(2)3)12(14)18-7-8-19-20(15,16)17/h10-11H,6-9H2,1-5H3,(H2,15,16,17). The van der Waals surface area contributed by atoms with Crippen LogP contribution in [0.4, 0.5) is 0 Å². The molecule has 120 valence electrons. The van der Waals surface area contributed by atoms with Crippen LogP contribution in [0.5, 0.6) is 0 Å². The summed E-state index contributed by atoms with van der Waals surface area (Å²) in [5, 5.41) is 0. The fourth-order valence-corrected chi connectivity index (χ4v) is 2.55. The summed E-state index contributed by atoms with van der Waals surface area (Å²) in [6, 6.07) is 0. The second-order valence-corrected chi connectivity index (χ2v) is 7.02. The quantitative estimate of drug-likeness (QED) is 0.386. The Morgan fingerprint density at radius 3 is 2.20 bits per heavy atom. The minimum absolute atomic E-state index is 0.159. The van der Waals surface area contributed by atoms with E-state index in [9.17, 15) is 9.36 Å². The predicted molar refractivity (Wildman–Crippen MR) is 76.0 cm³/mol. The first-order valence-corrected chi connectivity index (χ1v) is 8.43. The van der Waals surface area contributed by atoms with Crippen molar-refractivity contribution in [1.29, 1.82) is 0 Å². The maximum atomic E-state index is 12.3. The third-order valence-electron chi connectivity index (χ3n) is 3.57. The molecule has 0 bridgehead atoms. The Balaban J connectivity index is 4.53. The number of ether oxygens (including phenoxy) is 1. The Morgan fingerprint density at radius 2 is 1.80 bits per heavy atom. The van der Waals surface area contributed by atoms with E-state index < -0.39 is 13.2 Å². The molecule has 0 fully saturated rings. The van der Waals surface area contributed by atoms with E-state index in [1.807, 2.05) is 34.6 Å². The monoisotopic (exact) mass is 310 g/mol. The number of rotatable bonds is 9. The van der Waals surface area contributed by atoms with Crippen molar-refractivity contribution in [1.82, 2.24) is 0 Å². The largest absolute Gasteiger partial charge is 0.469 e. The van der Waals surface area contributed by atoms with Crippen LogP contribution in [0.1, 0.15) is 47.5 Å². The SMILES string of the molecule is CCC(C)C(C)(CC(C)C)C(=O)OCCOP(=O)(O)O. The fourth-order valence-electron chi connectivity index (χ4n) is 2.24. The van der Waals surface area contributed by atoms with E-state index in [4.69, 9.17) is 14.5 Å². The average Bonchev–Trinajstić information content (AvgIpc) is 2.30. The maximum absolute atomic E-state index is 12.3. The van der Waals surface area contributed by atoms with Crippen LogP contribution >= 0.6 is 7.82 Å². The van der Waals surface area contributed by atoms with Crippen molar-refractivity contribution in [2.45, 2.75) is 47.5 Å². The molecular formula is C13H27O6P. The first-order valence-electron chi connectivity index (χ1n) is 6.90. The summed E-state index contributed by atoms with van der Waals surface area (Å²) in [6.07, 6.45) is 1.57. The predicted octanol–water partition coefficient (Wildman–Crippen LogP) is 2.74. The van der Waals surface area contributed by atoms with Gasteiger partial charge in [-0.1, -0.05) is 34.1 Å². The summed E-state index contributed by atoms with van der Waals surface area (Å²) in [6.45, 7) is 9.54. The highest BCUT2D eigenvalue weighted by atomic mass is 31.2. The van der Waals surface area contributed by atoms with Gasteiger partial charge < -0.3 is 14.5 Å². The molecule has 2 N–H and O–H groups in total. The molecule has 0 aliphatic rings. The van der Waals surface area contributed by atoms with Crippen LogP contribution in [0, 0.1) is 17.3 Å². The van der Waals surface area contributed by atoms with Gasteiger partial charge in [-0.25, -0.2) is 4.57 Å². The number of phosphoric acid groups is 1. The third kappa shape index (κ3) is 6.84. The minimum atomic E-state index is -4.51. The van der Waals surface area contributed by atoms with Gasteiger partial charge in [0.25, 0.3) is 0 Å². The molecular weight excluding hydrogens is 283 g/mol. The van der Waals surface area contributed by atoms with E-state index in [0.29, 0.717) is 12.3 Å². The zero-order chi connectivity index (χ0) is 16.0. The second kappa shape index (κ2) is 8.13. The topological polar surface area (TPSA) is 93.1 Å². The van der Waals surface area contributed by atoms with Crippen LogP contribution in [0.25, 0.3) is 0 Å².